The summed E-state index contributed by atoms with van der Waals surface area (Å²) in [5.74, 6) is 2.56. The van der Waals surface area contributed by atoms with E-state index < -0.39 is 0 Å². The van der Waals surface area contributed by atoms with Gasteiger partial charge in [-0.2, -0.15) is 0 Å². The molecule has 121 valence electrons. The number of benzene rings is 3. The van der Waals surface area contributed by atoms with E-state index in [1.165, 1.54) is 0 Å². The maximum absolute atomic E-state index is 6.51. The summed E-state index contributed by atoms with van der Waals surface area (Å²) in [4.78, 5) is 0. The molecule has 0 spiro atoms. The smallest absolute Gasteiger partial charge is 0.123 e. The Balaban J connectivity index is 2.28. The Labute approximate surface area is 147 Å². The zero-order valence-electron chi connectivity index (χ0n) is 13.6. The lowest BCUT2D eigenvalue weighted by Gasteiger charge is -2.23. The lowest BCUT2D eigenvalue weighted by atomic mass is 9.84. The van der Waals surface area contributed by atoms with Gasteiger partial charge in [-0.1, -0.05) is 66.2 Å². The zero-order chi connectivity index (χ0) is 16.9. The monoisotopic (exact) mass is 337 g/mol. The van der Waals surface area contributed by atoms with Crippen LogP contribution in [0.2, 0.25) is 5.02 Å². The molecular weight excluding hydrogens is 320 g/mol. The van der Waals surface area contributed by atoms with Crippen molar-refractivity contribution >= 4 is 11.6 Å². The summed E-state index contributed by atoms with van der Waals surface area (Å²) < 4.78 is 11.2. The van der Waals surface area contributed by atoms with Gasteiger partial charge < -0.3 is 9.47 Å². The van der Waals surface area contributed by atoms with Gasteiger partial charge in [0.05, 0.1) is 20.1 Å². The van der Waals surface area contributed by atoms with Gasteiger partial charge in [0.1, 0.15) is 11.5 Å². The van der Waals surface area contributed by atoms with Crippen molar-refractivity contribution in [3.05, 3.63) is 100 Å². The van der Waals surface area contributed by atoms with Crippen LogP contribution in [0.5, 0.6) is 11.5 Å². The van der Waals surface area contributed by atoms with Crippen molar-refractivity contribution in [1.82, 2.24) is 0 Å². The van der Waals surface area contributed by atoms with Crippen molar-refractivity contribution in [2.75, 3.05) is 14.2 Å². The number of rotatable bonds is 5. The Hall–Kier alpha value is -2.45. The molecule has 0 aliphatic carbocycles. The number of halogens is 1. The molecular formula is C21H18ClO2. The van der Waals surface area contributed by atoms with Crippen LogP contribution in [0.1, 0.15) is 16.7 Å². The van der Waals surface area contributed by atoms with Crippen LogP contribution in [0.15, 0.2) is 72.8 Å². The normalized spacial score (nSPS) is 10.7. The molecule has 0 aliphatic rings. The van der Waals surface area contributed by atoms with E-state index in [0.29, 0.717) is 5.02 Å². The van der Waals surface area contributed by atoms with Gasteiger partial charge in [-0.05, 0) is 23.8 Å². The Morgan fingerprint density at radius 1 is 0.625 bits per heavy atom. The van der Waals surface area contributed by atoms with Crippen molar-refractivity contribution in [2.24, 2.45) is 0 Å². The van der Waals surface area contributed by atoms with Gasteiger partial charge >= 0.3 is 0 Å². The Kier molecular flexibility index (Phi) is 5.07. The van der Waals surface area contributed by atoms with E-state index >= 15 is 0 Å². The highest BCUT2D eigenvalue weighted by Crippen LogP contribution is 2.42. The van der Waals surface area contributed by atoms with Crippen molar-refractivity contribution in [1.29, 1.82) is 0 Å². The Bertz CT molecular complexity index is 782. The highest BCUT2D eigenvalue weighted by atomic mass is 35.5. The van der Waals surface area contributed by atoms with Crippen LogP contribution in [0.4, 0.5) is 0 Å². The van der Waals surface area contributed by atoms with Gasteiger partial charge in [-0.3, -0.25) is 0 Å². The van der Waals surface area contributed by atoms with E-state index in [9.17, 15) is 0 Å². The summed E-state index contributed by atoms with van der Waals surface area (Å²) in [5.41, 5.74) is 2.88. The van der Waals surface area contributed by atoms with Gasteiger partial charge in [-0.25, -0.2) is 0 Å². The molecule has 3 aromatic carbocycles. The fourth-order valence-electron chi connectivity index (χ4n) is 2.80. The van der Waals surface area contributed by atoms with Crippen molar-refractivity contribution < 1.29 is 9.47 Å². The molecule has 0 aliphatic heterocycles. The van der Waals surface area contributed by atoms with Crippen LogP contribution in [-0.4, -0.2) is 14.2 Å². The number of ether oxygens (including phenoxy) is 2. The summed E-state index contributed by atoms with van der Waals surface area (Å²) in [6.45, 7) is 0. The molecule has 0 heterocycles. The van der Waals surface area contributed by atoms with Crippen LogP contribution in [-0.2, 0) is 0 Å². The maximum atomic E-state index is 6.51. The van der Waals surface area contributed by atoms with E-state index in [-0.39, 0.29) is 0 Å². The summed E-state index contributed by atoms with van der Waals surface area (Å²) in [7, 11) is 3.34. The number of methoxy groups -OCH3 is 2. The highest BCUT2D eigenvalue weighted by Gasteiger charge is 2.25. The standard InChI is InChI=1S/C21H18ClO2/c1-23-19-13-7-4-10-16(19)21(15-9-3-6-12-18(15)22)17-11-5-8-14-20(17)24-2/h3-14H,1-2H3. The second-order valence-corrected chi connectivity index (χ2v) is 5.66. The molecule has 0 amide bonds. The second kappa shape index (κ2) is 7.41. The Morgan fingerprint density at radius 3 is 1.50 bits per heavy atom. The van der Waals surface area contributed by atoms with Gasteiger partial charge in [0, 0.05) is 16.1 Å². The molecule has 0 bridgehead atoms. The minimum Gasteiger partial charge on any atom is -0.496 e. The van der Waals surface area contributed by atoms with Crippen LogP contribution in [0, 0.1) is 5.92 Å². The average molecular weight is 338 g/mol. The average Bonchev–Trinajstić information content (AvgIpc) is 2.64. The van der Waals surface area contributed by atoms with Crippen molar-refractivity contribution in [3.63, 3.8) is 0 Å². The number of hydrogen-bond donors (Lipinski definition) is 0. The first kappa shape index (κ1) is 16.4. The molecule has 0 atom stereocenters. The topological polar surface area (TPSA) is 18.5 Å². The molecule has 1 radical (unpaired) electrons. The molecule has 0 unspecified atom stereocenters. The molecule has 0 saturated heterocycles. The summed E-state index contributed by atoms with van der Waals surface area (Å²) >= 11 is 6.51. The summed E-state index contributed by atoms with van der Waals surface area (Å²) in [6.07, 6.45) is 0. The van der Waals surface area contributed by atoms with Crippen LogP contribution in [0.25, 0.3) is 0 Å². The van der Waals surface area contributed by atoms with Crippen molar-refractivity contribution in [3.8, 4) is 11.5 Å². The third-order valence-electron chi connectivity index (χ3n) is 3.90. The fraction of sp³-hybridized carbons (Fsp3) is 0.0952. The van der Waals surface area contributed by atoms with E-state index in [1.807, 2.05) is 72.8 Å². The largest absolute Gasteiger partial charge is 0.496 e. The van der Waals surface area contributed by atoms with E-state index in [0.717, 1.165) is 34.1 Å². The first-order valence-corrected chi connectivity index (χ1v) is 8.02. The molecule has 0 aromatic heterocycles. The predicted octanol–water partition coefficient (Wildman–Crippen LogP) is 5.38. The summed E-state index contributed by atoms with van der Waals surface area (Å²) in [6, 6.07) is 23.6. The number of hydrogen-bond acceptors (Lipinski definition) is 2. The third-order valence-corrected chi connectivity index (χ3v) is 4.23. The molecule has 3 rings (SSSR count). The summed E-state index contributed by atoms with van der Waals surface area (Å²) in [5, 5.41) is 0.685. The highest BCUT2D eigenvalue weighted by molar-refractivity contribution is 6.31. The first-order chi connectivity index (χ1) is 11.8. The molecule has 0 fully saturated rings. The molecule has 0 N–H and O–H groups in total. The van der Waals surface area contributed by atoms with E-state index in [1.54, 1.807) is 14.2 Å². The SMILES string of the molecule is COc1ccccc1[C](c1ccccc1Cl)c1ccccc1OC. The third kappa shape index (κ3) is 3.10. The molecule has 2 nitrogen and oxygen atoms in total. The Morgan fingerprint density at radius 2 is 1.04 bits per heavy atom. The second-order valence-electron chi connectivity index (χ2n) is 5.26. The molecule has 24 heavy (non-hydrogen) atoms. The van der Waals surface area contributed by atoms with Crippen molar-refractivity contribution in [2.45, 2.75) is 0 Å². The van der Waals surface area contributed by atoms with Gasteiger partial charge in [-0.15, -0.1) is 0 Å². The fourth-order valence-corrected chi connectivity index (χ4v) is 3.03. The quantitative estimate of drug-likeness (QED) is 0.582. The van der Waals surface area contributed by atoms with Crippen LogP contribution in [0.3, 0.4) is 0 Å². The van der Waals surface area contributed by atoms with E-state index in [2.05, 4.69) is 0 Å². The van der Waals surface area contributed by atoms with Gasteiger partial charge in [0.2, 0.25) is 0 Å². The molecule has 3 heteroatoms. The van der Waals surface area contributed by atoms with E-state index in [4.69, 9.17) is 21.1 Å². The lowest BCUT2D eigenvalue weighted by molar-refractivity contribution is 0.407. The van der Waals surface area contributed by atoms with Gasteiger partial charge in [0.25, 0.3) is 0 Å². The number of para-hydroxylation sites is 2. The lowest BCUT2D eigenvalue weighted by Crippen LogP contribution is -2.08. The molecule has 3 aromatic rings. The first-order valence-electron chi connectivity index (χ1n) is 7.65. The zero-order valence-corrected chi connectivity index (χ0v) is 14.4. The van der Waals surface area contributed by atoms with Crippen LogP contribution < -0.4 is 9.47 Å². The maximum Gasteiger partial charge on any atom is 0.123 e. The molecule has 0 saturated carbocycles. The van der Waals surface area contributed by atoms with Crippen LogP contribution >= 0.6 is 11.6 Å². The predicted molar refractivity (Wildman–Crippen MR) is 98.0 cm³/mol. The minimum atomic E-state index is 0.685. The minimum absolute atomic E-state index is 0.685. The van der Waals surface area contributed by atoms with Gasteiger partial charge in [0.15, 0.2) is 0 Å².